The van der Waals surface area contributed by atoms with Crippen LogP contribution in [0.5, 0.6) is 11.6 Å². The average molecular weight is 287 g/mol. The second-order valence-corrected chi connectivity index (χ2v) is 3.97. The molecule has 0 bridgehead atoms. The van der Waals surface area contributed by atoms with E-state index in [1.165, 1.54) is 31.5 Å². The van der Waals surface area contributed by atoms with Crippen molar-refractivity contribution in [3.63, 3.8) is 0 Å². The second-order valence-electron chi connectivity index (χ2n) is 3.97. The number of carbonyl (C=O) groups excluding carboxylic acids is 1. The van der Waals surface area contributed by atoms with Crippen LogP contribution in [0.25, 0.3) is 0 Å². The number of carbonyl (C=O) groups is 1. The van der Waals surface area contributed by atoms with Gasteiger partial charge in [-0.25, -0.2) is 14.2 Å². The van der Waals surface area contributed by atoms with Gasteiger partial charge in [0.05, 0.1) is 30.6 Å². The molecule has 0 aliphatic carbocycles. The average Bonchev–Trinajstić information content (AvgIpc) is 2.49. The number of rotatable bonds is 3. The van der Waals surface area contributed by atoms with E-state index in [1.807, 2.05) is 0 Å². The molecule has 0 radical (unpaired) electrons. The van der Waals surface area contributed by atoms with E-state index in [4.69, 9.17) is 15.7 Å². The highest BCUT2D eigenvalue weighted by atomic mass is 19.1. The number of ether oxygens (including phenoxy) is 2. The standard InChI is InChI=1S/C14H10FN3O3/c1-20-14(19)10-5-9(17)7-18-13(10)21-12-3-2-8(6-16)4-11(12)15/h2-5,7H,17H2,1H3. The number of pyridine rings is 1. The summed E-state index contributed by atoms with van der Waals surface area (Å²) >= 11 is 0. The predicted molar refractivity (Wildman–Crippen MR) is 71.2 cm³/mol. The molecule has 1 heterocycles. The Labute approximate surface area is 119 Å². The smallest absolute Gasteiger partial charge is 0.343 e. The third-order valence-corrected chi connectivity index (χ3v) is 2.55. The first-order valence-corrected chi connectivity index (χ1v) is 5.76. The van der Waals surface area contributed by atoms with E-state index in [2.05, 4.69) is 9.72 Å². The van der Waals surface area contributed by atoms with Crippen LogP contribution < -0.4 is 10.5 Å². The molecule has 1 aromatic heterocycles. The number of nitriles is 1. The van der Waals surface area contributed by atoms with E-state index >= 15 is 0 Å². The molecule has 0 saturated heterocycles. The van der Waals surface area contributed by atoms with E-state index < -0.39 is 11.8 Å². The van der Waals surface area contributed by atoms with Crippen molar-refractivity contribution < 1.29 is 18.7 Å². The molecular formula is C14H10FN3O3. The maximum absolute atomic E-state index is 13.8. The Morgan fingerprint density at radius 3 is 2.81 bits per heavy atom. The van der Waals surface area contributed by atoms with Gasteiger partial charge in [0.1, 0.15) is 5.56 Å². The number of nitrogens with two attached hydrogens (primary N) is 1. The highest BCUT2D eigenvalue weighted by Gasteiger charge is 2.17. The molecule has 2 aromatic rings. The van der Waals surface area contributed by atoms with Crippen LogP contribution in [0.2, 0.25) is 0 Å². The zero-order valence-corrected chi connectivity index (χ0v) is 11.0. The molecule has 0 atom stereocenters. The molecule has 6 nitrogen and oxygen atoms in total. The molecule has 7 heteroatoms. The monoisotopic (exact) mass is 287 g/mol. The number of nitrogen functional groups attached to an aromatic ring is 1. The minimum atomic E-state index is -0.747. The fraction of sp³-hybridized carbons (Fsp3) is 0.0714. The lowest BCUT2D eigenvalue weighted by atomic mass is 10.2. The third-order valence-electron chi connectivity index (χ3n) is 2.55. The molecule has 0 aliphatic heterocycles. The van der Waals surface area contributed by atoms with Gasteiger partial charge in [0.25, 0.3) is 0 Å². The molecule has 1 aromatic carbocycles. The summed E-state index contributed by atoms with van der Waals surface area (Å²) in [5.41, 5.74) is 5.91. The summed E-state index contributed by atoms with van der Waals surface area (Å²) in [5, 5.41) is 8.68. The van der Waals surface area contributed by atoms with Gasteiger partial charge in [-0.3, -0.25) is 0 Å². The fourth-order valence-corrected chi connectivity index (χ4v) is 1.56. The first kappa shape index (κ1) is 14.3. The number of nitrogens with zero attached hydrogens (tertiary/aromatic N) is 2. The van der Waals surface area contributed by atoms with Crippen molar-refractivity contribution in [1.82, 2.24) is 4.98 Å². The Hall–Kier alpha value is -3.14. The van der Waals surface area contributed by atoms with Gasteiger partial charge in [0.15, 0.2) is 11.6 Å². The van der Waals surface area contributed by atoms with Gasteiger partial charge in [-0.15, -0.1) is 0 Å². The van der Waals surface area contributed by atoms with Gasteiger partial charge < -0.3 is 15.2 Å². The summed E-state index contributed by atoms with van der Waals surface area (Å²) in [6, 6.07) is 6.79. The lowest BCUT2D eigenvalue weighted by molar-refractivity contribution is 0.0597. The van der Waals surface area contributed by atoms with E-state index in [0.717, 1.165) is 6.07 Å². The second kappa shape index (κ2) is 5.88. The number of esters is 1. The number of hydrogen-bond donors (Lipinski definition) is 1. The Morgan fingerprint density at radius 2 is 2.19 bits per heavy atom. The van der Waals surface area contributed by atoms with Crippen LogP contribution in [0.1, 0.15) is 15.9 Å². The number of anilines is 1. The van der Waals surface area contributed by atoms with E-state index in [1.54, 1.807) is 6.07 Å². The van der Waals surface area contributed by atoms with E-state index in [0.29, 0.717) is 0 Å². The zero-order valence-electron chi connectivity index (χ0n) is 11.0. The number of benzene rings is 1. The number of hydrogen-bond acceptors (Lipinski definition) is 6. The van der Waals surface area contributed by atoms with Crippen molar-refractivity contribution in [1.29, 1.82) is 5.26 Å². The summed E-state index contributed by atoms with van der Waals surface area (Å²) in [4.78, 5) is 15.5. The minimum Gasteiger partial charge on any atom is -0.465 e. The van der Waals surface area contributed by atoms with E-state index in [-0.39, 0.29) is 28.4 Å². The van der Waals surface area contributed by atoms with Crippen LogP contribution in [-0.4, -0.2) is 18.1 Å². The Kier molecular flexibility index (Phi) is 4.00. The zero-order chi connectivity index (χ0) is 15.4. The van der Waals surface area contributed by atoms with Crippen LogP contribution in [0, 0.1) is 17.1 Å². The summed E-state index contributed by atoms with van der Waals surface area (Å²) in [6.45, 7) is 0. The van der Waals surface area contributed by atoms with Crippen LogP contribution in [0.3, 0.4) is 0 Å². The Bertz CT molecular complexity index is 741. The molecule has 0 amide bonds. The van der Waals surface area contributed by atoms with Crippen LogP contribution in [-0.2, 0) is 4.74 Å². The normalized spacial score (nSPS) is 9.76. The summed E-state index contributed by atoms with van der Waals surface area (Å²) in [5.74, 6) is -1.77. The quantitative estimate of drug-likeness (QED) is 0.869. The van der Waals surface area contributed by atoms with Crippen molar-refractivity contribution in [2.75, 3.05) is 12.8 Å². The van der Waals surface area contributed by atoms with Gasteiger partial charge in [0.2, 0.25) is 5.88 Å². The molecule has 2 N–H and O–H groups in total. The van der Waals surface area contributed by atoms with Crippen LogP contribution >= 0.6 is 0 Å². The third kappa shape index (κ3) is 3.06. The number of aromatic nitrogens is 1. The Morgan fingerprint density at radius 1 is 1.43 bits per heavy atom. The molecule has 0 aliphatic rings. The van der Waals surface area contributed by atoms with Gasteiger partial charge >= 0.3 is 5.97 Å². The summed E-state index contributed by atoms with van der Waals surface area (Å²) < 4.78 is 23.6. The predicted octanol–water partition coefficient (Wildman–Crippen LogP) is 2.25. The number of methoxy groups -OCH3 is 1. The first-order valence-electron chi connectivity index (χ1n) is 5.76. The van der Waals surface area contributed by atoms with Gasteiger partial charge in [-0.2, -0.15) is 5.26 Å². The maximum Gasteiger partial charge on any atom is 0.343 e. The first-order chi connectivity index (χ1) is 10.0. The van der Waals surface area contributed by atoms with Gasteiger partial charge in [-0.1, -0.05) is 0 Å². The van der Waals surface area contributed by atoms with Crippen molar-refractivity contribution in [2.45, 2.75) is 0 Å². The fourth-order valence-electron chi connectivity index (χ4n) is 1.56. The van der Waals surface area contributed by atoms with Crippen LogP contribution in [0.15, 0.2) is 30.5 Å². The van der Waals surface area contributed by atoms with Gasteiger partial charge in [0, 0.05) is 0 Å². The maximum atomic E-state index is 13.8. The number of halogens is 1. The summed E-state index contributed by atoms with van der Waals surface area (Å²) in [7, 11) is 1.19. The van der Waals surface area contributed by atoms with Crippen molar-refractivity contribution >= 4 is 11.7 Å². The largest absolute Gasteiger partial charge is 0.465 e. The molecule has 0 saturated carbocycles. The van der Waals surface area contributed by atoms with Gasteiger partial charge in [-0.05, 0) is 24.3 Å². The Balaban J connectivity index is 2.40. The van der Waals surface area contributed by atoms with Crippen molar-refractivity contribution in [3.05, 3.63) is 47.4 Å². The minimum absolute atomic E-state index is 0.0266. The van der Waals surface area contributed by atoms with Crippen LogP contribution in [0.4, 0.5) is 10.1 Å². The molecule has 0 unspecified atom stereocenters. The molecule has 0 fully saturated rings. The molecule has 2 rings (SSSR count). The lowest BCUT2D eigenvalue weighted by Crippen LogP contribution is -2.06. The molecule has 106 valence electrons. The highest BCUT2D eigenvalue weighted by Crippen LogP contribution is 2.27. The SMILES string of the molecule is COC(=O)c1cc(N)cnc1Oc1ccc(C#N)cc1F. The molecule has 0 spiro atoms. The molecule has 21 heavy (non-hydrogen) atoms. The topological polar surface area (TPSA) is 98.2 Å². The highest BCUT2D eigenvalue weighted by molar-refractivity contribution is 5.92. The lowest BCUT2D eigenvalue weighted by Gasteiger charge is -2.10. The van der Waals surface area contributed by atoms with Crippen molar-refractivity contribution in [2.24, 2.45) is 0 Å². The van der Waals surface area contributed by atoms with Crippen molar-refractivity contribution in [3.8, 4) is 17.7 Å². The van der Waals surface area contributed by atoms with E-state index in [9.17, 15) is 9.18 Å². The molecular weight excluding hydrogens is 277 g/mol. The summed E-state index contributed by atoms with van der Waals surface area (Å²) in [6.07, 6.45) is 1.27.